The lowest BCUT2D eigenvalue weighted by Gasteiger charge is -2.14. The lowest BCUT2D eigenvalue weighted by molar-refractivity contribution is 0.0937. The summed E-state index contributed by atoms with van der Waals surface area (Å²) in [6, 6.07) is 5.34. The summed E-state index contributed by atoms with van der Waals surface area (Å²) in [4.78, 5) is 26.4. The maximum Gasteiger partial charge on any atom is 0.255 e. The Hall–Kier alpha value is -2.04. The van der Waals surface area contributed by atoms with Gasteiger partial charge < -0.3 is 15.4 Å². The molecule has 2 N–H and O–H groups in total. The first-order valence-corrected chi connectivity index (χ1v) is 25.5. The number of hydrogen-bond acceptors (Lipinski definition) is 3. The van der Waals surface area contributed by atoms with E-state index in [-0.39, 0.29) is 11.8 Å². The van der Waals surface area contributed by atoms with E-state index in [1.165, 1.54) is 205 Å². The van der Waals surface area contributed by atoms with E-state index in [0.717, 1.165) is 38.5 Å². The highest BCUT2D eigenvalue weighted by Gasteiger charge is 2.16. The van der Waals surface area contributed by atoms with Crippen LogP contribution in [-0.4, -0.2) is 31.5 Å². The maximum absolute atomic E-state index is 13.3. The Labute approximate surface area is 355 Å². The van der Waals surface area contributed by atoms with Crippen molar-refractivity contribution in [3.8, 4) is 5.75 Å². The summed E-state index contributed by atoms with van der Waals surface area (Å²) in [7, 11) is 0. The van der Waals surface area contributed by atoms with E-state index in [0.29, 0.717) is 36.6 Å². The minimum Gasteiger partial charge on any atom is -0.493 e. The molecule has 0 aliphatic heterocycles. The molecule has 0 heterocycles. The average Bonchev–Trinajstić information content (AvgIpc) is 3.22. The molecule has 0 saturated carbocycles. The Kier molecular flexibility index (Phi) is 39.1. The molecule has 0 aliphatic rings. The second-order valence-corrected chi connectivity index (χ2v) is 17.4. The number of rotatable bonds is 44. The van der Waals surface area contributed by atoms with E-state index in [2.05, 4.69) is 31.4 Å². The predicted molar refractivity (Wildman–Crippen MR) is 249 cm³/mol. The number of unbranched alkanes of at least 4 members (excludes halogenated alkanes) is 35. The van der Waals surface area contributed by atoms with Crippen molar-refractivity contribution >= 4 is 11.8 Å². The Morgan fingerprint density at radius 3 is 1.04 bits per heavy atom. The first-order valence-electron chi connectivity index (χ1n) is 25.5. The molecule has 1 aromatic rings. The molecule has 57 heavy (non-hydrogen) atoms. The molecule has 332 valence electrons. The number of hydrogen-bond donors (Lipinski definition) is 2. The zero-order valence-corrected chi connectivity index (χ0v) is 38.4. The van der Waals surface area contributed by atoms with E-state index in [9.17, 15) is 9.59 Å². The van der Waals surface area contributed by atoms with Crippen molar-refractivity contribution in [3.63, 3.8) is 0 Å². The van der Waals surface area contributed by atoms with Gasteiger partial charge in [0.15, 0.2) is 0 Å². The molecule has 2 amide bonds. The van der Waals surface area contributed by atoms with Crippen LogP contribution in [0.4, 0.5) is 0 Å². The maximum atomic E-state index is 13.3. The summed E-state index contributed by atoms with van der Waals surface area (Å²) in [5.74, 6) is 0.345. The topological polar surface area (TPSA) is 67.4 Å². The van der Waals surface area contributed by atoms with Crippen molar-refractivity contribution in [2.75, 3.05) is 19.7 Å². The molecule has 0 spiro atoms. The van der Waals surface area contributed by atoms with Gasteiger partial charge in [-0.2, -0.15) is 0 Å². The number of ether oxygens (including phenoxy) is 1. The molecule has 0 saturated heterocycles. The zero-order chi connectivity index (χ0) is 41.1. The van der Waals surface area contributed by atoms with Crippen LogP contribution in [0.5, 0.6) is 5.75 Å². The summed E-state index contributed by atoms with van der Waals surface area (Å²) in [5.41, 5.74) is 1.10. The van der Waals surface area contributed by atoms with Crippen molar-refractivity contribution in [1.82, 2.24) is 10.6 Å². The smallest absolute Gasteiger partial charge is 0.255 e. The van der Waals surface area contributed by atoms with E-state index in [4.69, 9.17) is 4.74 Å². The first-order chi connectivity index (χ1) is 28.1. The number of carbonyl (C=O) groups is 2. The van der Waals surface area contributed by atoms with Gasteiger partial charge in [-0.1, -0.05) is 245 Å². The normalized spacial score (nSPS) is 11.3. The van der Waals surface area contributed by atoms with Gasteiger partial charge in [0.05, 0.1) is 12.2 Å². The molecular weight excluding hydrogens is 701 g/mol. The SMILES string of the molecule is CCCCCCCCCCCCCCCCCCNC(=O)c1ccc(C(=O)NCCCCCCCCCCCCCCCCCC)c(OCCCCCCCC)c1. The molecule has 0 bridgehead atoms. The van der Waals surface area contributed by atoms with E-state index in [1.54, 1.807) is 18.2 Å². The highest BCUT2D eigenvalue weighted by atomic mass is 16.5. The molecule has 0 aromatic heterocycles. The van der Waals surface area contributed by atoms with Gasteiger partial charge in [0.2, 0.25) is 0 Å². The number of benzene rings is 1. The number of amides is 2. The van der Waals surface area contributed by atoms with Crippen LogP contribution in [0.3, 0.4) is 0 Å². The molecule has 0 radical (unpaired) electrons. The third-order valence-electron chi connectivity index (χ3n) is 11.9. The van der Waals surface area contributed by atoms with Crippen LogP contribution in [0.15, 0.2) is 18.2 Å². The Morgan fingerprint density at radius 2 is 0.684 bits per heavy atom. The van der Waals surface area contributed by atoms with Crippen molar-refractivity contribution in [1.29, 1.82) is 0 Å². The molecule has 1 aromatic carbocycles. The van der Waals surface area contributed by atoms with Gasteiger partial charge in [-0.15, -0.1) is 0 Å². The van der Waals surface area contributed by atoms with Crippen LogP contribution >= 0.6 is 0 Å². The highest BCUT2D eigenvalue weighted by Crippen LogP contribution is 2.22. The lowest BCUT2D eigenvalue weighted by Crippen LogP contribution is -2.26. The third-order valence-corrected chi connectivity index (χ3v) is 11.9. The van der Waals surface area contributed by atoms with Crippen molar-refractivity contribution < 1.29 is 14.3 Å². The number of nitrogens with one attached hydrogen (secondary N) is 2. The van der Waals surface area contributed by atoms with Gasteiger partial charge in [0.25, 0.3) is 11.8 Å². The first kappa shape index (κ1) is 53.0. The van der Waals surface area contributed by atoms with E-state index in [1.807, 2.05) is 0 Å². The van der Waals surface area contributed by atoms with Gasteiger partial charge in [0.1, 0.15) is 5.75 Å². The van der Waals surface area contributed by atoms with Crippen LogP contribution in [-0.2, 0) is 0 Å². The van der Waals surface area contributed by atoms with Crippen LogP contribution in [0, 0.1) is 0 Å². The molecule has 0 fully saturated rings. The van der Waals surface area contributed by atoms with Crippen molar-refractivity contribution in [2.24, 2.45) is 0 Å². The van der Waals surface area contributed by atoms with E-state index < -0.39 is 0 Å². The predicted octanol–water partition coefficient (Wildman–Crippen LogP) is 16.4. The lowest BCUT2D eigenvalue weighted by atomic mass is 10.0. The van der Waals surface area contributed by atoms with Crippen LogP contribution in [0.2, 0.25) is 0 Å². The molecule has 5 heteroatoms. The third kappa shape index (κ3) is 33.5. The second kappa shape index (κ2) is 42.1. The Morgan fingerprint density at radius 1 is 0.386 bits per heavy atom. The van der Waals surface area contributed by atoms with Gasteiger partial charge in [-0.05, 0) is 37.5 Å². The summed E-state index contributed by atoms with van der Waals surface area (Å²) < 4.78 is 6.19. The Bertz CT molecular complexity index is 1030. The van der Waals surface area contributed by atoms with Gasteiger partial charge in [-0.25, -0.2) is 0 Å². The summed E-state index contributed by atoms with van der Waals surface area (Å²) in [6.07, 6.45) is 50.0. The molecule has 5 nitrogen and oxygen atoms in total. The number of carbonyl (C=O) groups excluding carboxylic acids is 2. The molecular formula is C52H96N2O3. The monoisotopic (exact) mass is 797 g/mol. The van der Waals surface area contributed by atoms with Crippen LogP contribution in [0.25, 0.3) is 0 Å². The molecule has 0 aliphatic carbocycles. The van der Waals surface area contributed by atoms with E-state index >= 15 is 0 Å². The zero-order valence-electron chi connectivity index (χ0n) is 38.4. The summed E-state index contributed by atoms with van der Waals surface area (Å²) >= 11 is 0. The van der Waals surface area contributed by atoms with Crippen molar-refractivity contribution in [3.05, 3.63) is 29.3 Å². The Balaban J connectivity index is 2.29. The minimum atomic E-state index is -0.103. The molecule has 0 atom stereocenters. The summed E-state index contributed by atoms with van der Waals surface area (Å²) in [5, 5.41) is 6.24. The van der Waals surface area contributed by atoms with Crippen LogP contribution < -0.4 is 15.4 Å². The van der Waals surface area contributed by atoms with Gasteiger partial charge in [-0.3, -0.25) is 9.59 Å². The minimum absolute atomic E-state index is 0.0829. The fourth-order valence-corrected chi connectivity index (χ4v) is 7.98. The molecule has 0 unspecified atom stereocenters. The van der Waals surface area contributed by atoms with Gasteiger partial charge in [0, 0.05) is 18.7 Å². The largest absolute Gasteiger partial charge is 0.493 e. The second-order valence-electron chi connectivity index (χ2n) is 17.4. The summed E-state index contributed by atoms with van der Waals surface area (Å²) in [6.45, 7) is 8.74. The quantitative estimate of drug-likeness (QED) is 0.0646. The fraction of sp³-hybridized carbons (Fsp3) is 0.846. The van der Waals surface area contributed by atoms with Crippen LogP contribution in [0.1, 0.15) is 285 Å². The van der Waals surface area contributed by atoms with Crippen molar-refractivity contribution in [2.45, 2.75) is 265 Å². The average molecular weight is 797 g/mol. The standard InChI is InChI=1S/C52H96N2O3/c1-4-7-10-13-16-18-20-22-24-26-28-30-32-34-36-39-44-53-51(55)48-42-43-49(50(47-48)57-46-41-38-15-12-9-6-3)52(56)54-45-40-37-35-33-31-29-27-25-23-21-19-17-14-11-8-5-2/h42-43,47H,4-41,44-46H2,1-3H3,(H,53,55)(H,54,56). The molecule has 1 rings (SSSR count). The van der Waals surface area contributed by atoms with Gasteiger partial charge >= 0.3 is 0 Å². The highest BCUT2D eigenvalue weighted by molar-refractivity contribution is 6.00. The fourth-order valence-electron chi connectivity index (χ4n) is 7.98.